The molecule has 1 heterocycles. The first-order chi connectivity index (χ1) is 9.18. The predicted octanol–water partition coefficient (Wildman–Crippen LogP) is 4.79. The predicted molar refractivity (Wildman–Crippen MR) is 59.7 cm³/mol. The van der Waals surface area contributed by atoms with Crippen molar-refractivity contribution in [3.63, 3.8) is 0 Å². The molecule has 1 nitrogen and oxygen atoms in total. The SMILES string of the molecule is FC(F)(F)c1cc(-c2ccccn2)cc(C(F)(F)F)c1. The minimum atomic E-state index is -4.86. The Kier molecular flexibility index (Phi) is 3.45. The fourth-order valence-electron chi connectivity index (χ4n) is 1.64. The Morgan fingerprint density at radius 1 is 0.750 bits per heavy atom. The number of hydrogen-bond donors (Lipinski definition) is 0. The average molecular weight is 291 g/mol. The molecule has 2 rings (SSSR count). The molecular weight excluding hydrogens is 284 g/mol. The molecule has 0 amide bonds. The van der Waals surface area contributed by atoms with Crippen LogP contribution in [0.3, 0.4) is 0 Å². The number of alkyl halides is 6. The molecule has 0 aliphatic heterocycles. The monoisotopic (exact) mass is 291 g/mol. The molecule has 7 heteroatoms. The Bertz CT molecular complexity index is 568. The van der Waals surface area contributed by atoms with Crippen LogP contribution in [0.15, 0.2) is 42.6 Å². The molecule has 0 N–H and O–H groups in total. The van der Waals surface area contributed by atoms with E-state index in [1.165, 1.54) is 24.4 Å². The molecule has 0 radical (unpaired) electrons. The zero-order valence-electron chi connectivity index (χ0n) is 9.76. The maximum absolute atomic E-state index is 12.7. The summed E-state index contributed by atoms with van der Waals surface area (Å²) >= 11 is 0. The summed E-state index contributed by atoms with van der Waals surface area (Å²) in [5.74, 6) is 0. The highest BCUT2D eigenvalue weighted by molar-refractivity contribution is 5.61. The van der Waals surface area contributed by atoms with Crippen LogP contribution < -0.4 is 0 Å². The highest BCUT2D eigenvalue weighted by Crippen LogP contribution is 2.38. The van der Waals surface area contributed by atoms with E-state index in [0.717, 1.165) is 0 Å². The lowest BCUT2D eigenvalue weighted by Gasteiger charge is -2.13. The van der Waals surface area contributed by atoms with E-state index in [-0.39, 0.29) is 17.3 Å². The summed E-state index contributed by atoms with van der Waals surface area (Å²) in [4.78, 5) is 3.76. The number of aromatic nitrogens is 1. The summed E-state index contributed by atoms with van der Waals surface area (Å²) in [7, 11) is 0. The van der Waals surface area contributed by atoms with Gasteiger partial charge in [0.1, 0.15) is 0 Å². The number of rotatable bonds is 1. The Balaban J connectivity index is 2.64. The summed E-state index contributed by atoms with van der Waals surface area (Å²) in [6, 6.07) is 5.73. The van der Waals surface area contributed by atoms with Crippen LogP contribution in [-0.2, 0) is 12.4 Å². The molecule has 1 aromatic carbocycles. The van der Waals surface area contributed by atoms with Gasteiger partial charge in [-0.1, -0.05) is 6.07 Å². The summed E-state index contributed by atoms with van der Waals surface area (Å²) in [5.41, 5.74) is -2.89. The van der Waals surface area contributed by atoms with Crippen LogP contribution in [0.4, 0.5) is 26.3 Å². The van der Waals surface area contributed by atoms with Crippen LogP contribution in [0, 0.1) is 0 Å². The lowest BCUT2D eigenvalue weighted by atomic mass is 10.0. The van der Waals surface area contributed by atoms with Gasteiger partial charge in [-0.2, -0.15) is 26.3 Å². The second kappa shape index (κ2) is 4.81. The molecule has 0 aliphatic carbocycles. The van der Waals surface area contributed by atoms with Crippen molar-refractivity contribution in [3.05, 3.63) is 53.7 Å². The van der Waals surface area contributed by atoms with Gasteiger partial charge in [-0.05, 0) is 30.3 Å². The van der Waals surface area contributed by atoms with Crippen LogP contribution in [0.1, 0.15) is 11.1 Å². The van der Waals surface area contributed by atoms with Crippen molar-refractivity contribution in [2.24, 2.45) is 0 Å². The van der Waals surface area contributed by atoms with Gasteiger partial charge in [0.05, 0.1) is 16.8 Å². The van der Waals surface area contributed by atoms with Gasteiger partial charge in [0.25, 0.3) is 0 Å². The lowest BCUT2D eigenvalue weighted by Crippen LogP contribution is -2.11. The second-order valence-corrected chi connectivity index (χ2v) is 4.01. The van der Waals surface area contributed by atoms with Crippen molar-refractivity contribution in [3.8, 4) is 11.3 Å². The van der Waals surface area contributed by atoms with Crippen molar-refractivity contribution >= 4 is 0 Å². The zero-order chi connectivity index (χ0) is 15.0. The molecule has 0 fully saturated rings. The normalized spacial score (nSPS) is 12.5. The zero-order valence-corrected chi connectivity index (χ0v) is 9.76. The number of nitrogens with zero attached hydrogens (tertiary/aromatic N) is 1. The van der Waals surface area contributed by atoms with E-state index < -0.39 is 23.5 Å². The van der Waals surface area contributed by atoms with Crippen LogP contribution in [0.2, 0.25) is 0 Å². The van der Waals surface area contributed by atoms with Crippen molar-refractivity contribution in [2.75, 3.05) is 0 Å². The summed E-state index contributed by atoms with van der Waals surface area (Å²) < 4.78 is 76.0. The molecule has 106 valence electrons. The molecule has 0 spiro atoms. The summed E-state index contributed by atoms with van der Waals surface area (Å²) in [6.45, 7) is 0. The van der Waals surface area contributed by atoms with Gasteiger partial charge >= 0.3 is 12.4 Å². The lowest BCUT2D eigenvalue weighted by molar-refractivity contribution is -0.143. The van der Waals surface area contributed by atoms with E-state index in [1.54, 1.807) is 0 Å². The molecule has 0 aliphatic rings. The van der Waals surface area contributed by atoms with E-state index in [4.69, 9.17) is 0 Å². The Labute approximate surface area is 109 Å². The van der Waals surface area contributed by atoms with Gasteiger partial charge < -0.3 is 0 Å². The molecular formula is C13H7F6N. The van der Waals surface area contributed by atoms with E-state index in [1.807, 2.05) is 0 Å². The Hall–Kier alpha value is -2.05. The van der Waals surface area contributed by atoms with Gasteiger partial charge in [-0.25, -0.2) is 0 Å². The number of pyridine rings is 1. The first-order valence-electron chi connectivity index (χ1n) is 5.39. The van der Waals surface area contributed by atoms with E-state index >= 15 is 0 Å². The first-order valence-corrected chi connectivity index (χ1v) is 5.39. The highest BCUT2D eigenvalue weighted by Gasteiger charge is 2.37. The van der Waals surface area contributed by atoms with Crippen LogP contribution in [0.25, 0.3) is 11.3 Å². The standard InChI is InChI=1S/C13H7F6N/c14-12(15,16)9-5-8(11-3-1-2-4-20-11)6-10(7-9)13(17,18)19/h1-7H. The van der Waals surface area contributed by atoms with Crippen LogP contribution >= 0.6 is 0 Å². The van der Waals surface area contributed by atoms with Gasteiger partial charge in [-0.15, -0.1) is 0 Å². The topological polar surface area (TPSA) is 12.9 Å². The fourth-order valence-corrected chi connectivity index (χ4v) is 1.64. The van der Waals surface area contributed by atoms with E-state index in [0.29, 0.717) is 12.1 Å². The van der Waals surface area contributed by atoms with Crippen molar-refractivity contribution in [1.29, 1.82) is 0 Å². The molecule has 2 aromatic rings. The maximum Gasteiger partial charge on any atom is 0.416 e. The summed E-state index contributed by atoms with van der Waals surface area (Å²) in [6.07, 6.45) is -8.42. The van der Waals surface area contributed by atoms with Crippen molar-refractivity contribution in [1.82, 2.24) is 4.98 Å². The first kappa shape index (κ1) is 14.4. The summed E-state index contributed by atoms with van der Waals surface area (Å²) in [5, 5.41) is 0. The highest BCUT2D eigenvalue weighted by atomic mass is 19.4. The average Bonchev–Trinajstić information content (AvgIpc) is 2.37. The maximum atomic E-state index is 12.7. The third-order valence-corrected chi connectivity index (χ3v) is 2.55. The van der Waals surface area contributed by atoms with Gasteiger partial charge in [-0.3, -0.25) is 4.98 Å². The van der Waals surface area contributed by atoms with Crippen molar-refractivity contribution in [2.45, 2.75) is 12.4 Å². The Morgan fingerprint density at radius 2 is 1.30 bits per heavy atom. The number of hydrogen-bond acceptors (Lipinski definition) is 1. The van der Waals surface area contributed by atoms with Crippen LogP contribution in [-0.4, -0.2) is 4.98 Å². The van der Waals surface area contributed by atoms with Gasteiger partial charge in [0.15, 0.2) is 0 Å². The third-order valence-electron chi connectivity index (χ3n) is 2.55. The minimum Gasteiger partial charge on any atom is -0.256 e. The number of halogens is 6. The van der Waals surface area contributed by atoms with Gasteiger partial charge in [0.2, 0.25) is 0 Å². The Morgan fingerprint density at radius 3 is 1.70 bits per heavy atom. The largest absolute Gasteiger partial charge is 0.416 e. The van der Waals surface area contributed by atoms with E-state index in [2.05, 4.69) is 4.98 Å². The van der Waals surface area contributed by atoms with Crippen LogP contribution in [0.5, 0.6) is 0 Å². The molecule has 0 saturated heterocycles. The van der Waals surface area contributed by atoms with Gasteiger partial charge in [0, 0.05) is 11.8 Å². The molecule has 20 heavy (non-hydrogen) atoms. The smallest absolute Gasteiger partial charge is 0.256 e. The number of benzene rings is 1. The third kappa shape index (κ3) is 3.09. The minimum absolute atomic E-state index is 0.0455. The molecule has 0 unspecified atom stereocenters. The molecule has 0 atom stereocenters. The molecule has 0 bridgehead atoms. The second-order valence-electron chi connectivity index (χ2n) is 4.01. The fraction of sp³-hybridized carbons (Fsp3) is 0.154. The molecule has 1 aromatic heterocycles. The quantitative estimate of drug-likeness (QED) is 0.689. The molecule has 0 saturated carbocycles. The van der Waals surface area contributed by atoms with Crippen molar-refractivity contribution < 1.29 is 26.3 Å². The van der Waals surface area contributed by atoms with E-state index in [9.17, 15) is 26.3 Å².